The van der Waals surface area contributed by atoms with Gasteiger partial charge in [0.05, 0.1) is 12.7 Å². The summed E-state index contributed by atoms with van der Waals surface area (Å²) in [5.74, 6) is 0.147. The van der Waals surface area contributed by atoms with Crippen molar-refractivity contribution in [3.05, 3.63) is 58.4 Å². The van der Waals surface area contributed by atoms with E-state index in [0.717, 1.165) is 11.4 Å². The highest BCUT2D eigenvalue weighted by atomic mass is 16.4. The summed E-state index contributed by atoms with van der Waals surface area (Å²) >= 11 is 0. The SMILES string of the molecule is Cc1oc(CN(C)C(=O)c2cnn(C)c2-n2c(C)ccc2C)cc1C(=O)O. The molecule has 0 saturated heterocycles. The normalized spacial score (nSPS) is 11.0. The summed E-state index contributed by atoms with van der Waals surface area (Å²) in [6.45, 7) is 5.69. The Morgan fingerprint density at radius 3 is 2.37 bits per heavy atom. The van der Waals surface area contributed by atoms with E-state index in [1.54, 1.807) is 31.9 Å². The van der Waals surface area contributed by atoms with E-state index in [4.69, 9.17) is 9.52 Å². The minimum Gasteiger partial charge on any atom is -0.478 e. The molecule has 0 bridgehead atoms. The van der Waals surface area contributed by atoms with Crippen LogP contribution in [0.15, 0.2) is 28.8 Å². The van der Waals surface area contributed by atoms with Crippen molar-refractivity contribution < 1.29 is 19.1 Å². The van der Waals surface area contributed by atoms with Gasteiger partial charge in [0.1, 0.15) is 28.5 Å². The minimum absolute atomic E-state index is 0.103. The lowest BCUT2D eigenvalue weighted by Gasteiger charge is -2.17. The number of carboxylic acids is 1. The van der Waals surface area contributed by atoms with Crippen molar-refractivity contribution in [2.75, 3.05) is 7.05 Å². The summed E-state index contributed by atoms with van der Waals surface area (Å²) in [5.41, 5.74) is 2.57. The fraction of sp³-hybridized carbons (Fsp3) is 0.316. The third-order valence-corrected chi connectivity index (χ3v) is 4.56. The smallest absolute Gasteiger partial charge is 0.339 e. The van der Waals surface area contributed by atoms with Gasteiger partial charge in [-0.05, 0) is 39.0 Å². The molecular formula is C19H22N4O4. The van der Waals surface area contributed by atoms with Gasteiger partial charge < -0.3 is 19.0 Å². The molecule has 3 rings (SSSR count). The lowest BCUT2D eigenvalue weighted by Crippen LogP contribution is -2.27. The average Bonchev–Trinajstić information content (AvgIpc) is 3.25. The number of hydrogen-bond acceptors (Lipinski definition) is 4. The number of nitrogens with zero attached hydrogens (tertiary/aromatic N) is 4. The maximum Gasteiger partial charge on any atom is 0.339 e. The zero-order valence-corrected chi connectivity index (χ0v) is 16.0. The highest BCUT2D eigenvalue weighted by Crippen LogP contribution is 2.22. The first-order chi connectivity index (χ1) is 12.7. The number of carbonyl (C=O) groups excluding carboxylic acids is 1. The van der Waals surface area contributed by atoms with Gasteiger partial charge in [-0.1, -0.05) is 0 Å². The first-order valence-electron chi connectivity index (χ1n) is 8.46. The van der Waals surface area contributed by atoms with Gasteiger partial charge in [-0.3, -0.25) is 9.48 Å². The number of carboxylic acid groups (broad SMARTS) is 1. The molecule has 3 aromatic rings. The van der Waals surface area contributed by atoms with E-state index < -0.39 is 5.97 Å². The fourth-order valence-corrected chi connectivity index (χ4v) is 3.19. The Kier molecular flexibility index (Phi) is 4.65. The number of aromatic nitrogens is 3. The molecule has 0 aliphatic carbocycles. The zero-order chi connectivity index (χ0) is 19.9. The predicted octanol–water partition coefficient (Wildman–Crippen LogP) is 2.70. The molecule has 0 radical (unpaired) electrons. The molecule has 1 N–H and O–H groups in total. The fourth-order valence-electron chi connectivity index (χ4n) is 3.19. The van der Waals surface area contributed by atoms with Crippen LogP contribution in [0.1, 0.15) is 43.6 Å². The number of aromatic carboxylic acids is 1. The molecule has 0 saturated carbocycles. The molecule has 0 aliphatic rings. The molecule has 142 valence electrons. The van der Waals surface area contributed by atoms with Crippen LogP contribution in [0.2, 0.25) is 0 Å². The summed E-state index contributed by atoms with van der Waals surface area (Å²) in [7, 11) is 3.44. The molecule has 0 aromatic carbocycles. The van der Waals surface area contributed by atoms with Gasteiger partial charge in [-0.15, -0.1) is 0 Å². The van der Waals surface area contributed by atoms with Gasteiger partial charge in [0.2, 0.25) is 0 Å². The standard InChI is InChI=1S/C19H22N4O4/c1-11-6-7-12(2)23(11)17-16(9-20-22(17)5)18(24)21(4)10-14-8-15(19(25)26)13(3)27-14/h6-9H,10H2,1-5H3,(H,25,26). The van der Waals surface area contributed by atoms with Crippen molar-refractivity contribution in [2.24, 2.45) is 7.05 Å². The van der Waals surface area contributed by atoms with Crippen molar-refractivity contribution in [2.45, 2.75) is 27.3 Å². The maximum atomic E-state index is 13.0. The molecule has 8 heteroatoms. The number of carbonyl (C=O) groups is 2. The summed E-state index contributed by atoms with van der Waals surface area (Å²) in [5, 5.41) is 13.4. The van der Waals surface area contributed by atoms with Crippen LogP contribution in [-0.2, 0) is 13.6 Å². The Labute approximate surface area is 156 Å². The van der Waals surface area contributed by atoms with Crippen LogP contribution in [0.5, 0.6) is 0 Å². The highest BCUT2D eigenvalue weighted by molar-refractivity contribution is 5.97. The lowest BCUT2D eigenvalue weighted by atomic mass is 10.2. The zero-order valence-electron chi connectivity index (χ0n) is 16.0. The van der Waals surface area contributed by atoms with Crippen LogP contribution in [0.25, 0.3) is 5.82 Å². The van der Waals surface area contributed by atoms with Gasteiger partial charge >= 0.3 is 5.97 Å². The molecule has 1 amide bonds. The minimum atomic E-state index is -1.05. The van der Waals surface area contributed by atoms with E-state index >= 15 is 0 Å². The molecule has 0 unspecified atom stereocenters. The van der Waals surface area contributed by atoms with Crippen molar-refractivity contribution in [3.8, 4) is 5.82 Å². The van der Waals surface area contributed by atoms with Crippen molar-refractivity contribution in [1.82, 2.24) is 19.2 Å². The van der Waals surface area contributed by atoms with Gasteiger partial charge in [0.25, 0.3) is 5.91 Å². The highest BCUT2D eigenvalue weighted by Gasteiger charge is 2.24. The lowest BCUT2D eigenvalue weighted by molar-refractivity contribution is 0.0694. The van der Waals surface area contributed by atoms with Crippen molar-refractivity contribution in [3.63, 3.8) is 0 Å². The van der Waals surface area contributed by atoms with Crippen LogP contribution in [0.3, 0.4) is 0 Å². The Balaban J connectivity index is 1.91. The second kappa shape index (κ2) is 6.79. The van der Waals surface area contributed by atoms with Crippen molar-refractivity contribution >= 4 is 11.9 Å². The molecule has 27 heavy (non-hydrogen) atoms. The molecule has 8 nitrogen and oxygen atoms in total. The van der Waals surface area contributed by atoms with E-state index in [1.165, 1.54) is 11.0 Å². The predicted molar refractivity (Wildman–Crippen MR) is 98.2 cm³/mol. The Bertz CT molecular complexity index is 1010. The molecular weight excluding hydrogens is 348 g/mol. The number of furan rings is 1. The molecule has 0 aliphatic heterocycles. The maximum absolute atomic E-state index is 13.0. The number of rotatable bonds is 5. The Hall–Kier alpha value is -3.29. The van der Waals surface area contributed by atoms with E-state index in [9.17, 15) is 9.59 Å². The largest absolute Gasteiger partial charge is 0.478 e. The Morgan fingerprint density at radius 2 is 1.81 bits per heavy atom. The van der Waals surface area contributed by atoms with Crippen LogP contribution in [0.4, 0.5) is 0 Å². The molecule has 3 heterocycles. The Morgan fingerprint density at radius 1 is 1.19 bits per heavy atom. The number of hydrogen-bond donors (Lipinski definition) is 1. The number of aryl methyl sites for hydroxylation is 4. The van der Waals surface area contributed by atoms with E-state index in [1.807, 2.05) is 30.5 Å². The second-order valence-electron chi connectivity index (χ2n) is 6.61. The van der Waals surface area contributed by atoms with Crippen molar-refractivity contribution in [1.29, 1.82) is 0 Å². The van der Waals surface area contributed by atoms with Crippen LogP contribution in [-0.4, -0.2) is 43.3 Å². The first-order valence-corrected chi connectivity index (χ1v) is 8.46. The third kappa shape index (κ3) is 3.25. The summed E-state index contributed by atoms with van der Waals surface area (Å²) in [6, 6.07) is 5.42. The molecule has 0 spiro atoms. The molecule has 3 aromatic heterocycles. The van der Waals surface area contributed by atoms with E-state index in [0.29, 0.717) is 22.9 Å². The topological polar surface area (TPSA) is 93.5 Å². The molecule has 0 atom stereocenters. The summed E-state index contributed by atoms with van der Waals surface area (Å²) < 4.78 is 9.12. The molecule has 0 fully saturated rings. The summed E-state index contributed by atoms with van der Waals surface area (Å²) in [6.07, 6.45) is 1.54. The van der Waals surface area contributed by atoms with Gasteiger partial charge in [0, 0.05) is 25.5 Å². The summed E-state index contributed by atoms with van der Waals surface area (Å²) in [4.78, 5) is 25.7. The number of amides is 1. The van der Waals surface area contributed by atoms with Crippen LogP contribution < -0.4 is 0 Å². The van der Waals surface area contributed by atoms with E-state index in [-0.39, 0.29) is 18.0 Å². The monoisotopic (exact) mass is 370 g/mol. The van der Waals surface area contributed by atoms with Crippen LogP contribution >= 0.6 is 0 Å². The first kappa shape index (κ1) is 18.5. The second-order valence-corrected chi connectivity index (χ2v) is 6.61. The third-order valence-electron chi connectivity index (χ3n) is 4.56. The average molecular weight is 370 g/mol. The van der Waals surface area contributed by atoms with Gasteiger partial charge in [0.15, 0.2) is 0 Å². The van der Waals surface area contributed by atoms with Gasteiger partial charge in [-0.2, -0.15) is 5.10 Å². The van der Waals surface area contributed by atoms with Gasteiger partial charge in [-0.25, -0.2) is 4.79 Å². The van der Waals surface area contributed by atoms with Crippen LogP contribution in [0, 0.1) is 20.8 Å². The quantitative estimate of drug-likeness (QED) is 0.745. The van der Waals surface area contributed by atoms with E-state index in [2.05, 4.69) is 5.10 Å².